The van der Waals surface area contributed by atoms with E-state index in [1.807, 2.05) is 12.1 Å². The molecular weight excluding hydrogens is 925 g/mol. The minimum Gasteiger partial charge on any atom is -0.450 e. The van der Waals surface area contributed by atoms with Crippen LogP contribution in [-0.4, -0.2) is 143 Å². The Morgan fingerprint density at radius 3 is 0.903 bits per heavy atom. The number of alkyl carbamates (subject to hydrolysis) is 4. The van der Waals surface area contributed by atoms with Crippen molar-refractivity contribution in [2.45, 2.75) is 135 Å². The van der Waals surface area contributed by atoms with Gasteiger partial charge < -0.3 is 63.9 Å². The Bertz CT molecular complexity index is 1520. The number of carbonyl (C=O) groups excluding carboxylic acids is 4. The van der Waals surface area contributed by atoms with Gasteiger partial charge in [0.25, 0.3) is 0 Å². The van der Waals surface area contributed by atoms with E-state index in [1.165, 1.54) is 30.4 Å². The van der Waals surface area contributed by atoms with Gasteiger partial charge in [0.15, 0.2) is 0 Å². The molecule has 72 heavy (non-hydrogen) atoms. The number of nitrogens with one attached hydrogen (secondary N) is 4. The van der Waals surface area contributed by atoms with Gasteiger partial charge >= 0.3 is 24.4 Å². The van der Waals surface area contributed by atoms with E-state index < -0.39 is 12.2 Å². The lowest BCUT2D eigenvalue weighted by molar-refractivity contribution is -0.0161. The van der Waals surface area contributed by atoms with Gasteiger partial charge in [0.05, 0.1) is 79.3 Å². The molecule has 0 unspecified atom stereocenters. The summed E-state index contributed by atoms with van der Waals surface area (Å²) in [5, 5.41) is 11.2. The monoisotopic (exact) mass is 1020 g/mol. The molecule has 2 aromatic rings. The highest BCUT2D eigenvalue weighted by Gasteiger charge is 2.14. The molecule has 410 valence electrons. The smallest absolute Gasteiger partial charge is 0.407 e. The van der Waals surface area contributed by atoms with Crippen LogP contribution in [0.3, 0.4) is 0 Å². The van der Waals surface area contributed by atoms with Crippen molar-refractivity contribution < 1.29 is 61.8 Å². The maximum Gasteiger partial charge on any atom is 0.407 e. The fourth-order valence-corrected chi connectivity index (χ4v) is 7.44. The third-order valence-electron chi connectivity index (χ3n) is 11.4. The van der Waals surface area contributed by atoms with Crippen LogP contribution in [-0.2, 0) is 42.6 Å². The van der Waals surface area contributed by atoms with Crippen molar-refractivity contribution in [1.82, 2.24) is 21.3 Å². The quantitative estimate of drug-likeness (QED) is 0.0361. The van der Waals surface area contributed by atoms with E-state index in [1.54, 1.807) is 0 Å². The fourth-order valence-electron chi connectivity index (χ4n) is 7.44. The Hall–Kier alpha value is -4.68. The molecule has 0 saturated carbocycles. The first kappa shape index (κ1) is 63.4. The SMILES string of the molecule is CCCCOC(=O)NCCCCCCCCNC(=O)OCCOCCOCCOCCOCCOCCOC(=O)NCCCCCCCCCCCNC(=O)OCCCC(c1ccccc1)c1ccccc1. The first-order valence-corrected chi connectivity index (χ1v) is 27.1. The van der Waals surface area contributed by atoms with Crippen LogP contribution in [0.5, 0.6) is 0 Å². The third kappa shape index (κ3) is 39.9. The van der Waals surface area contributed by atoms with Crippen LogP contribution in [0.25, 0.3) is 0 Å². The van der Waals surface area contributed by atoms with Crippen molar-refractivity contribution in [3.05, 3.63) is 71.8 Å². The van der Waals surface area contributed by atoms with Crippen molar-refractivity contribution >= 4 is 24.4 Å². The summed E-state index contributed by atoms with van der Waals surface area (Å²) < 4.78 is 48.2. The molecule has 0 aliphatic rings. The van der Waals surface area contributed by atoms with E-state index in [0.29, 0.717) is 105 Å². The molecule has 0 aliphatic heterocycles. The summed E-state index contributed by atoms with van der Waals surface area (Å²) in [6.45, 7) is 9.70. The van der Waals surface area contributed by atoms with Crippen LogP contribution in [0, 0.1) is 0 Å². The minimum absolute atomic E-state index is 0.175. The molecule has 2 aromatic carbocycles. The normalized spacial score (nSPS) is 11.0. The van der Waals surface area contributed by atoms with Crippen LogP contribution in [0.15, 0.2) is 60.7 Å². The number of carbonyl (C=O) groups is 4. The number of ether oxygens (including phenoxy) is 9. The topological polar surface area (TPSA) is 199 Å². The molecule has 2 rings (SSSR count). The average molecular weight is 1020 g/mol. The largest absolute Gasteiger partial charge is 0.450 e. The molecule has 0 fully saturated rings. The van der Waals surface area contributed by atoms with Gasteiger partial charge in [0, 0.05) is 32.1 Å². The van der Waals surface area contributed by atoms with Crippen molar-refractivity contribution in [3.63, 3.8) is 0 Å². The lowest BCUT2D eigenvalue weighted by Crippen LogP contribution is -2.26. The summed E-state index contributed by atoms with van der Waals surface area (Å²) in [6.07, 6.45) is 18.0. The molecule has 0 radical (unpaired) electrons. The standard InChI is InChI=1S/C55H92N4O13/c1-2-3-35-69-52(60)56-31-23-13-9-10-14-24-34-59-55(63)72-48-46-68-44-42-66-40-38-64-37-39-65-41-43-67-45-47-71-54(62)58-33-22-12-8-6-4-5-7-11-21-32-57-53(61)70-36-25-30-51(49-26-17-15-18-27-49)50-28-19-16-20-29-50/h15-20,26-29,51H,2-14,21-25,30-48H2,1H3,(H,56,60)(H,57,61)(H,58,62)(H,59,63). The highest BCUT2D eigenvalue weighted by Crippen LogP contribution is 2.29. The summed E-state index contributed by atoms with van der Waals surface area (Å²) in [5.74, 6) is 0.284. The van der Waals surface area contributed by atoms with Crippen molar-refractivity contribution in [2.75, 3.05) is 119 Å². The number of hydrogen-bond acceptors (Lipinski definition) is 13. The van der Waals surface area contributed by atoms with Gasteiger partial charge in [0.1, 0.15) is 13.2 Å². The third-order valence-corrected chi connectivity index (χ3v) is 11.4. The molecule has 0 heterocycles. The van der Waals surface area contributed by atoms with Gasteiger partial charge in [-0.1, -0.05) is 145 Å². The van der Waals surface area contributed by atoms with Crippen molar-refractivity contribution in [3.8, 4) is 0 Å². The van der Waals surface area contributed by atoms with E-state index in [9.17, 15) is 19.2 Å². The zero-order chi connectivity index (χ0) is 51.5. The minimum atomic E-state index is -0.442. The Balaban J connectivity index is 1.20. The van der Waals surface area contributed by atoms with Crippen LogP contribution in [0.2, 0.25) is 0 Å². The highest BCUT2D eigenvalue weighted by atomic mass is 16.6. The van der Waals surface area contributed by atoms with Gasteiger partial charge in [-0.15, -0.1) is 0 Å². The molecule has 0 atom stereocenters. The van der Waals surface area contributed by atoms with Crippen LogP contribution in [0.1, 0.15) is 146 Å². The van der Waals surface area contributed by atoms with E-state index in [-0.39, 0.29) is 31.3 Å². The highest BCUT2D eigenvalue weighted by molar-refractivity contribution is 5.68. The van der Waals surface area contributed by atoms with Gasteiger partial charge in [-0.2, -0.15) is 0 Å². The maximum atomic E-state index is 12.2. The molecule has 0 aliphatic carbocycles. The van der Waals surface area contributed by atoms with E-state index >= 15 is 0 Å². The Morgan fingerprint density at radius 1 is 0.333 bits per heavy atom. The van der Waals surface area contributed by atoms with Crippen molar-refractivity contribution in [1.29, 1.82) is 0 Å². The number of amides is 4. The summed E-state index contributed by atoms with van der Waals surface area (Å²) in [6, 6.07) is 21.0. The second kappa shape index (κ2) is 48.6. The van der Waals surface area contributed by atoms with E-state index in [2.05, 4.69) is 76.7 Å². The first-order chi connectivity index (χ1) is 35.5. The molecule has 17 heteroatoms. The van der Waals surface area contributed by atoms with Gasteiger partial charge in [-0.05, 0) is 56.1 Å². The summed E-state index contributed by atoms with van der Waals surface area (Å²) in [7, 11) is 0. The summed E-state index contributed by atoms with van der Waals surface area (Å²) >= 11 is 0. The summed E-state index contributed by atoms with van der Waals surface area (Å²) in [5.41, 5.74) is 2.56. The second-order valence-electron chi connectivity index (χ2n) is 17.5. The Morgan fingerprint density at radius 2 is 0.597 bits per heavy atom. The van der Waals surface area contributed by atoms with E-state index in [0.717, 1.165) is 103 Å². The molecule has 0 bridgehead atoms. The lowest BCUT2D eigenvalue weighted by Gasteiger charge is -2.18. The van der Waals surface area contributed by atoms with Crippen molar-refractivity contribution in [2.24, 2.45) is 0 Å². The van der Waals surface area contributed by atoms with Gasteiger partial charge in [-0.3, -0.25) is 0 Å². The number of hydrogen-bond donors (Lipinski definition) is 4. The molecule has 4 amide bonds. The second-order valence-corrected chi connectivity index (χ2v) is 17.5. The average Bonchev–Trinajstić information content (AvgIpc) is 3.39. The molecule has 0 saturated heterocycles. The zero-order valence-electron chi connectivity index (χ0n) is 43.8. The molecule has 4 N–H and O–H groups in total. The van der Waals surface area contributed by atoms with Crippen LogP contribution in [0.4, 0.5) is 19.2 Å². The number of unbranched alkanes of at least 4 members (excludes halogenated alkanes) is 14. The number of benzene rings is 2. The molecule has 0 spiro atoms. The van der Waals surface area contributed by atoms with Gasteiger partial charge in [-0.25, -0.2) is 19.2 Å². The maximum absolute atomic E-state index is 12.2. The number of rotatable bonds is 48. The molecule has 17 nitrogen and oxygen atoms in total. The van der Waals surface area contributed by atoms with E-state index in [4.69, 9.17) is 42.6 Å². The Kier molecular flexibility index (Phi) is 42.8. The molecule has 0 aromatic heterocycles. The fraction of sp³-hybridized carbons (Fsp3) is 0.709. The van der Waals surface area contributed by atoms with Gasteiger partial charge in [0.2, 0.25) is 0 Å². The van der Waals surface area contributed by atoms with Crippen LogP contribution >= 0.6 is 0 Å². The first-order valence-electron chi connectivity index (χ1n) is 27.1. The lowest BCUT2D eigenvalue weighted by atomic mass is 9.88. The zero-order valence-corrected chi connectivity index (χ0v) is 43.8. The molecular formula is C55H92N4O13. The predicted octanol–water partition coefficient (Wildman–Crippen LogP) is 10.2. The van der Waals surface area contributed by atoms with Crippen LogP contribution < -0.4 is 21.3 Å². The predicted molar refractivity (Wildman–Crippen MR) is 280 cm³/mol. The Labute approximate surface area is 431 Å². The summed E-state index contributed by atoms with van der Waals surface area (Å²) in [4.78, 5) is 47.4.